The summed E-state index contributed by atoms with van der Waals surface area (Å²) in [6.45, 7) is 4.80. The molecule has 1 aromatic rings. The fraction of sp³-hybridized carbons (Fsp3) is 0.588. The van der Waals surface area contributed by atoms with Crippen molar-refractivity contribution in [1.29, 1.82) is 0 Å². The molecular weight excluding hydrogens is 261 g/mol. The van der Waals surface area contributed by atoms with Gasteiger partial charge in [0, 0.05) is 24.2 Å². The molecule has 0 heterocycles. The molecule has 0 amide bonds. The molecule has 0 radical (unpaired) electrons. The second kappa shape index (κ2) is 9.61. The summed E-state index contributed by atoms with van der Waals surface area (Å²) >= 11 is 0. The smallest absolute Gasteiger partial charge is 0.165 e. The Morgan fingerprint density at radius 1 is 1.24 bits per heavy atom. The third-order valence-electron chi connectivity index (χ3n) is 3.71. The molecule has 0 bridgehead atoms. The van der Waals surface area contributed by atoms with Gasteiger partial charge in [-0.05, 0) is 24.5 Å². The number of rotatable bonds is 10. The van der Waals surface area contributed by atoms with Gasteiger partial charge in [0.05, 0.1) is 6.61 Å². The number of aliphatic hydroxyl groups is 1. The van der Waals surface area contributed by atoms with E-state index in [1.54, 1.807) is 0 Å². The zero-order valence-electron chi connectivity index (χ0n) is 13.7. The monoisotopic (exact) mass is 289 g/mol. The standard InChI is InChI=1S/C17H28BNO2/c1-3-5-6-7-8-16(21)17-13(4-2)11-14(18)12-15(17)19-9-10-20/h11-12,19-20H,3-10,18H2,1-2H3. The summed E-state index contributed by atoms with van der Waals surface area (Å²) in [4.78, 5) is 12.6. The molecule has 0 spiro atoms. The van der Waals surface area contributed by atoms with Crippen molar-refractivity contribution in [3.05, 3.63) is 23.3 Å². The van der Waals surface area contributed by atoms with Crippen molar-refractivity contribution in [2.24, 2.45) is 0 Å². The summed E-state index contributed by atoms with van der Waals surface area (Å²) in [6.07, 6.45) is 5.92. The van der Waals surface area contributed by atoms with Crippen LogP contribution in [0.25, 0.3) is 0 Å². The molecular formula is C17H28BNO2. The molecule has 0 aromatic heterocycles. The molecule has 0 aliphatic heterocycles. The molecule has 116 valence electrons. The summed E-state index contributed by atoms with van der Waals surface area (Å²) in [7, 11) is 2.04. The van der Waals surface area contributed by atoms with Gasteiger partial charge in [0.2, 0.25) is 0 Å². The highest BCUT2D eigenvalue weighted by Gasteiger charge is 2.16. The first kappa shape index (κ1) is 17.8. The number of benzene rings is 1. The van der Waals surface area contributed by atoms with Crippen LogP contribution in [-0.4, -0.2) is 31.9 Å². The third kappa shape index (κ3) is 5.54. The number of ketones is 1. The van der Waals surface area contributed by atoms with Crippen molar-refractivity contribution in [1.82, 2.24) is 0 Å². The van der Waals surface area contributed by atoms with E-state index >= 15 is 0 Å². The number of nitrogens with one attached hydrogen (secondary N) is 1. The maximum absolute atomic E-state index is 12.6. The number of hydrogen-bond acceptors (Lipinski definition) is 3. The predicted molar refractivity (Wildman–Crippen MR) is 92.7 cm³/mol. The van der Waals surface area contributed by atoms with Gasteiger partial charge in [-0.15, -0.1) is 0 Å². The molecule has 21 heavy (non-hydrogen) atoms. The molecule has 3 nitrogen and oxygen atoms in total. The number of anilines is 1. The fourth-order valence-electron chi connectivity index (χ4n) is 2.64. The van der Waals surface area contributed by atoms with E-state index in [1.165, 1.54) is 12.8 Å². The van der Waals surface area contributed by atoms with E-state index in [0.29, 0.717) is 13.0 Å². The Labute approximate surface area is 129 Å². The third-order valence-corrected chi connectivity index (χ3v) is 3.71. The van der Waals surface area contributed by atoms with Crippen LogP contribution in [0.3, 0.4) is 0 Å². The van der Waals surface area contributed by atoms with Gasteiger partial charge < -0.3 is 10.4 Å². The topological polar surface area (TPSA) is 49.3 Å². The molecule has 4 heteroatoms. The Morgan fingerprint density at radius 2 is 2.00 bits per heavy atom. The van der Waals surface area contributed by atoms with E-state index in [2.05, 4.69) is 25.2 Å². The zero-order valence-corrected chi connectivity index (χ0v) is 13.7. The second-order valence-corrected chi connectivity index (χ2v) is 5.58. The van der Waals surface area contributed by atoms with Gasteiger partial charge >= 0.3 is 0 Å². The highest BCUT2D eigenvalue weighted by molar-refractivity contribution is 6.33. The molecule has 2 N–H and O–H groups in total. The Kier molecular flexibility index (Phi) is 8.13. The summed E-state index contributed by atoms with van der Waals surface area (Å²) in [5, 5.41) is 12.2. The number of aryl methyl sites for hydroxylation is 1. The number of Topliss-reactive ketones (excluding diaryl/α,β-unsaturated/α-hetero) is 1. The molecule has 1 aromatic carbocycles. The number of carbonyl (C=O) groups excluding carboxylic acids is 1. The first-order valence-corrected chi connectivity index (χ1v) is 8.15. The molecule has 1 rings (SSSR count). The Morgan fingerprint density at radius 3 is 2.62 bits per heavy atom. The van der Waals surface area contributed by atoms with E-state index in [0.717, 1.165) is 41.5 Å². The maximum atomic E-state index is 12.6. The second-order valence-electron chi connectivity index (χ2n) is 5.58. The van der Waals surface area contributed by atoms with Crippen LogP contribution in [0, 0.1) is 0 Å². The lowest BCUT2D eigenvalue weighted by Gasteiger charge is -2.16. The van der Waals surface area contributed by atoms with Crippen molar-refractivity contribution < 1.29 is 9.90 Å². The minimum atomic E-state index is 0.0690. The van der Waals surface area contributed by atoms with Crippen molar-refractivity contribution in [2.45, 2.75) is 52.4 Å². The quantitative estimate of drug-likeness (QED) is 0.394. The molecule has 0 atom stereocenters. The molecule has 0 saturated carbocycles. The number of carbonyl (C=O) groups is 1. The van der Waals surface area contributed by atoms with Gasteiger partial charge in [0.25, 0.3) is 0 Å². The van der Waals surface area contributed by atoms with Crippen LogP contribution in [0.4, 0.5) is 5.69 Å². The van der Waals surface area contributed by atoms with Gasteiger partial charge in [-0.3, -0.25) is 4.79 Å². The molecule has 0 aliphatic carbocycles. The van der Waals surface area contributed by atoms with Crippen LogP contribution < -0.4 is 10.8 Å². The van der Waals surface area contributed by atoms with Crippen molar-refractivity contribution >= 4 is 24.8 Å². The summed E-state index contributed by atoms with van der Waals surface area (Å²) < 4.78 is 0. The van der Waals surface area contributed by atoms with Crippen LogP contribution in [0.15, 0.2) is 12.1 Å². The molecule has 0 saturated heterocycles. The average molecular weight is 289 g/mol. The van der Waals surface area contributed by atoms with Crippen LogP contribution in [0.2, 0.25) is 0 Å². The van der Waals surface area contributed by atoms with Gasteiger partial charge in [0.1, 0.15) is 7.85 Å². The summed E-state index contributed by atoms with van der Waals surface area (Å²) in [5.41, 5.74) is 3.96. The minimum absolute atomic E-state index is 0.0690. The number of aliphatic hydroxyl groups excluding tert-OH is 1. The van der Waals surface area contributed by atoms with Gasteiger partial charge in [-0.1, -0.05) is 44.6 Å². The first-order chi connectivity index (χ1) is 10.1. The van der Waals surface area contributed by atoms with Crippen LogP contribution in [-0.2, 0) is 6.42 Å². The maximum Gasteiger partial charge on any atom is 0.165 e. The van der Waals surface area contributed by atoms with Crippen LogP contribution in [0.5, 0.6) is 0 Å². The normalized spacial score (nSPS) is 10.6. The largest absolute Gasteiger partial charge is 0.395 e. The highest BCUT2D eigenvalue weighted by Crippen LogP contribution is 2.22. The zero-order chi connectivity index (χ0) is 15.7. The van der Waals surface area contributed by atoms with E-state index in [9.17, 15) is 4.79 Å². The van der Waals surface area contributed by atoms with Gasteiger partial charge in [0.15, 0.2) is 5.78 Å². The van der Waals surface area contributed by atoms with Crippen LogP contribution in [0.1, 0.15) is 61.9 Å². The van der Waals surface area contributed by atoms with Gasteiger partial charge in [-0.25, -0.2) is 0 Å². The van der Waals surface area contributed by atoms with E-state index in [-0.39, 0.29) is 12.4 Å². The predicted octanol–water partition coefficient (Wildman–Crippen LogP) is 2.06. The Bertz CT molecular complexity index is 460. The number of unbranched alkanes of at least 4 members (excludes halogenated alkanes) is 3. The summed E-state index contributed by atoms with van der Waals surface area (Å²) in [6, 6.07) is 4.11. The number of hydrogen-bond donors (Lipinski definition) is 2. The fourth-order valence-corrected chi connectivity index (χ4v) is 2.64. The Hall–Kier alpha value is -1.29. The lowest BCUT2D eigenvalue weighted by Crippen LogP contribution is -2.17. The van der Waals surface area contributed by atoms with Crippen molar-refractivity contribution in [2.75, 3.05) is 18.5 Å². The molecule has 0 unspecified atom stereocenters. The highest BCUT2D eigenvalue weighted by atomic mass is 16.3. The minimum Gasteiger partial charge on any atom is -0.395 e. The molecule has 0 fully saturated rings. The summed E-state index contributed by atoms with van der Waals surface area (Å²) in [5.74, 6) is 0.225. The van der Waals surface area contributed by atoms with E-state index in [4.69, 9.17) is 5.11 Å². The van der Waals surface area contributed by atoms with Crippen molar-refractivity contribution in [3.63, 3.8) is 0 Å². The van der Waals surface area contributed by atoms with Gasteiger partial charge in [-0.2, -0.15) is 0 Å². The van der Waals surface area contributed by atoms with E-state index < -0.39 is 0 Å². The van der Waals surface area contributed by atoms with Crippen LogP contribution >= 0.6 is 0 Å². The first-order valence-electron chi connectivity index (χ1n) is 8.15. The lowest BCUT2D eigenvalue weighted by atomic mass is 9.87. The Balaban J connectivity index is 2.92. The lowest BCUT2D eigenvalue weighted by molar-refractivity contribution is 0.0979. The molecule has 0 aliphatic rings. The SMILES string of the molecule is Bc1cc(CC)c(C(=O)CCCCCC)c(NCCO)c1. The van der Waals surface area contributed by atoms with Crippen molar-refractivity contribution in [3.8, 4) is 0 Å². The van der Waals surface area contributed by atoms with E-state index in [1.807, 2.05) is 13.9 Å². The average Bonchev–Trinajstić information content (AvgIpc) is 2.48.